The highest BCUT2D eigenvalue weighted by atomic mass is 28.3. The first-order valence-corrected chi connectivity index (χ1v) is 32.1. The van der Waals surface area contributed by atoms with Crippen LogP contribution < -0.4 is 30.4 Å². The Balaban J connectivity index is 0.849. The van der Waals surface area contributed by atoms with E-state index in [0.29, 0.717) is 0 Å². The van der Waals surface area contributed by atoms with Crippen molar-refractivity contribution in [2.24, 2.45) is 0 Å². The molecule has 1 aromatic heterocycles. The summed E-state index contributed by atoms with van der Waals surface area (Å²) in [7, 11) is -2.69. The minimum absolute atomic E-state index is 0.0433. The zero-order chi connectivity index (χ0) is 56.8. The second-order valence-corrected chi connectivity index (χ2v) is 29.0. The van der Waals surface area contributed by atoms with Crippen LogP contribution in [0.4, 0.5) is 17.1 Å². The van der Waals surface area contributed by atoms with Crippen LogP contribution in [0.1, 0.15) is 73.9 Å². The molecule has 3 heterocycles. The van der Waals surface area contributed by atoms with Gasteiger partial charge in [0, 0.05) is 44.9 Å². The molecule has 85 heavy (non-hydrogen) atoms. The van der Waals surface area contributed by atoms with Crippen LogP contribution in [0.5, 0.6) is 11.5 Å². The van der Waals surface area contributed by atoms with Crippen molar-refractivity contribution in [1.82, 2.24) is 0 Å². The van der Waals surface area contributed by atoms with Crippen LogP contribution in [0.25, 0.3) is 66.4 Å². The second-order valence-electron chi connectivity index (χ2n) is 25.3. The summed E-state index contributed by atoms with van der Waals surface area (Å²) in [6.07, 6.45) is 2.31. The van der Waals surface area contributed by atoms with Crippen molar-refractivity contribution in [3.05, 3.63) is 306 Å². The number of hydrogen-bond acceptors (Lipinski definition) is 3. The fourth-order valence-electron chi connectivity index (χ4n) is 15.8. The van der Waals surface area contributed by atoms with Gasteiger partial charge in [0.1, 0.15) is 22.7 Å². The van der Waals surface area contributed by atoms with Gasteiger partial charge >= 0.3 is 0 Å². The standard InChI is InChI=1S/C81H61NO2Si/c1-79(2)45-46-80(3,4)70-47-54(37-43-68(70)79)59-25-13-18-32-72(59)82(55-39-44-74-71(50-55)81(69-31-17-19-33-73(69)83-74)66-29-15-11-26-60(66)61-27-12-16-30-67(61)81)56-38-42-63-62-40-35-52(48-75(62)84-76(63)51-56)53-36-41-65-64-28-14-20-34-77(64)85(78(65)49-53,57-21-7-5-8-22-57)58-23-9-6-10-24-58/h5-44,47-51H,45-46H2,1-4H3. The van der Waals surface area contributed by atoms with Gasteiger partial charge in [0.2, 0.25) is 0 Å². The molecule has 0 saturated carbocycles. The highest BCUT2D eigenvalue weighted by molar-refractivity contribution is 7.22. The number of anilines is 3. The van der Waals surface area contributed by atoms with Gasteiger partial charge in [-0.1, -0.05) is 240 Å². The maximum absolute atomic E-state index is 7.17. The predicted molar refractivity (Wildman–Crippen MR) is 355 cm³/mol. The summed E-state index contributed by atoms with van der Waals surface area (Å²) in [6, 6.07) is 102. The van der Waals surface area contributed by atoms with Crippen molar-refractivity contribution in [1.29, 1.82) is 0 Å². The third-order valence-electron chi connectivity index (χ3n) is 19.9. The van der Waals surface area contributed by atoms with E-state index in [9.17, 15) is 0 Å². The van der Waals surface area contributed by atoms with Crippen molar-refractivity contribution in [2.75, 3.05) is 4.90 Å². The lowest BCUT2D eigenvalue weighted by Crippen LogP contribution is -2.72. The number of rotatable bonds is 7. The van der Waals surface area contributed by atoms with Crippen LogP contribution in [-0.4, -0.2) is 8.07 Å². The van der Waals surface area contributed by atoms with Gasteiger partial charge in [-0.25, -0.2) is 0 Å². The lowest BCUT2D eigenvalue weighted by Gasteiger charge is -2.42. The van der Waals surface area contributed by atoms with Gasteiger partial charge in [0.05, 0.1) is 11.1 Å². The molecule has 0 amide bonds. The number of hydrogen-bond donors (Lipinski definition) is 0. The average molecular weight is 1110 g/mol. The summed E-state index contributed by atoms with van der Waals surface area (Å²) >= 11 is 0. The summed E-state index contributed by atoms with van der Waals surface area (Å²) in [4.78, 5) is 2.46. The Kier molecular flexibility index (Phi) is 10.8. The van der Waals surface area contributed by atoms with E-state index in [1.54, 1.807) is 0 Å². The summed E-state index contributed by atoms with van der Waals surface area (Å²) in [5.74, 6) is 1.73. The van der Waals surface area contributed by atoms with E-state index in [1.807, 2.05) is 0 Å². The Morgan fingerprint density at radius 3 is 1.59 bits per heavy atom. The van der Waals surface area contributed by atoms with Crippen molar-refractivity contribution < 1.29 is 9.15 Å². The van der Waals surface area contributed by atoms with E-state index in [-0.39, 0.29) is 10.8 Å². The van der Waals surface area contributed by atoms with Crippen molar-refractivity contribution in [3.63, 3.8) is 0 Å². The number of fused-ring (bicyclic) bond motifs is 16. The molecule has 3 nitrogen and oxygen atoms in total. The lowest BCUT2D eigenvalue weighted by atomic mass is 9.63. The second kappa shape index (κ2) is 18.4. The number of benzene rings is 12. The summed E-state index contributed by atoms with van der Waals surface area (Å²) < 4.78 is 14.2. The first-order chi connectivity index (χ1) is 41.6. The van der Waals surface area contributed by atoms with Gasteiger partial charge in [0.25, 0.3) is 0 Å². The molecule has 2 aliphatic carbocycles. The van der Waals surface area contributed by atoms with Crippen LogP contribution in [0.2, 0.25) is 0 Å². The molecule has 17 rings (SSSR count). The molecule has 0 radical (unpaired) electrons. The smallest absolute Gasteiger partial charge is 0.180 e. The van der Waals surface area contributed by atoms with Crippen LogP contribution in [0.3, 0.4) is 0 Å². The molecule has 0 fully saturated rings. The van der Waals surface area contributed by atoms with E-state index in [0.717, 1.165) is 79.2 Å². The van der Waals surface area contributed by atoms with Gasteiger partial charge in [-0.15, -0.1) is 0 Å². The zero-order valence-electron chi connectivity index (χ0n) is 48.2. The summed E-state index contributed by atoms with van der Waals surface area (Å²) in [5, 5.41) is 7.82. The Morgan fingerprint density at radius 2 is 0.859 bits per heavy atom. The molecular weight excluding hydrogens is 1050 g/mol. The molecule has 4 heteroatoms. The van der Waals surface area contributed by atoms with E-state index in [2.05, 4.69) is 306 Å². The Bertz CT molecular complexity index is 4810. The van der Waals surface area contributed by atoms with E-state index in [4.69, 9.17) is 9.15 Å². The number of para-hydroxylation sites is 2. The van der Waals surface area contributed by atoms with E-state index >= 15 is 0 Å². The molecule has 13 aromatic rings. The molecule has 0 N–H and O–H groups in total. The molecule has 12 aromatic carbocycles. The predicted octanol–water partition coefficient (Wildman–Crippen LogP) is 18.6. The largest absolute Gasteiger partial charge is 0.457 e. The molecule has 0 atom stereocenters. The minimum atomic E-state index is -2.69. The molecule has 4 aliphatic rings. The minimum Gasteiger partial charge on any atom is -0.457 e. The van der Waals surface area contributed by atoms with Gasteiger partial charge < -0.3 is 14.1 Å². The highest BCUT2D eigenvalue weighted by Gasteiger charge is 2.52. The first-order valence-electron chi connectivity index (χ1n) is 30.1. The SMILES string of the molecule is CC1(C)CCC(C)(C)c2cc(-c3ccccc3N(c3ccc4c(c3)C3(c5ccccc5O4)c4ccccc4-c4ccccc43)c3ccc4c(c3)oc3cc(-c5ccc6c(c5)[Si](c5ccccc5)(c5ccccc5)c5ccccc5-6)ccc34)ccc21. The summed E-state index contributed by atoms with van der Waals surface area (Å²) in [6.45, 7) is 9.67. The highest BCUT2D eigenvalue weighted by Crippen LogP contribution is 2.63. The van der Waals surface area contributed by atoms with Crippen molar-refractivity contribution in [2.45, 2.75) is 56.8 Å². The first kappa shape index (κ1) is 49.8. The number of furan rings is 1. The average Bonchev–Trinajstić information content (AvgIpc) is 1.73. The Morgan fingerprint density at radius 1 is 0.341 bits per heavy atom. The number of ether oxygens (including phenoxy) is 1. The third-order valence-corrected chi connectivity index (χ3v) is 24.8. The molecule has 2 aliphatic heterocycles. The van der Waals surface area contributed by atoms with Crippen LogP contribution in [-0.2, 0) is 16.2 Å². The van der Waals surface area contributed by atoms with E-state index < -0.39 is 13.5 Å². The maximum Gasteiger partial charge on any atom is 0.180 e. The molecule has 0 bridgehead atoms. The Labute approximate surface area is 498 Å². The zero-order valence-corrected chi connectivity index (χ0v) is 49.2. The fraction of sp³-hybridized carbons (Fsp3) is 0.111. The lowest BCUT2D eigenvalue weighted by molar-refractivity contribution is 0.332. The van der Waals surface area contributed by atoms with Crippen LogP contribution >= 0.6 is 0 Å². The molecule has 0 unspecified atom stereocenters. The van der Waals surface area contributed by atoms with Crippen molar-refractivity contribution in [3.8, 4) is 56.0 Å². The quantitative estimate of drug-likeness (QED) is 0.149. The Hall–Kier alpha value is -9.74. The monoisotopic (exact) mass is 1110 g/mol. The summed E-state index contributed by atoms with van der Waals surface area (Å²) in [5.41, 5.74) is 21.8. The normalized spacial score (nSPS) is 15.7. The number of nitrogens with zero attached hydrogens (tertiary/aromatic N) is 1. The fourth-order valence-corrected chi connectivity index (χ4v) is 21.0. The van der Waals surface area contributed by atoms with Gasteiger partial charge in [-0.3, -0.25) is 0 Å². The van der Waals surface area contributed by atoms with Gasteiger partial charge in [0.15, 0.2) is 8.07 Å². The third kappa shape index (κ3) is 7.13. The molecule has 406 valence electrons. The molecule has 1 spiro atoms. The molecular formula is C81H61NO2Si. The van der Waals surface area contributed by atoms with Crippen LogP contribution in [0, 0.1) is 0 Å². The maximum atomic E-state index is 7.17. The van der Waals surface area contributed by atoms with E-state index in [1.165, 1.54) is 82.8 Å². The van der Waals surface area contributed by atoms with Gasteiger partial charge in [-0.2, -0.15) is 0 Å². The van der Waals surface area contributed by atoms with Crippen LogP contribution in [0.15, 0.2) is 277 Å². The van der Waals surface area contributed by atoms with Crippen molar-refractivity contribution >= 4 is 67.8 Å². The van der Waals surface area contributed by atoms with Gasteiger partial charge in [-0.05, 0) is 160 Å². The topological polar surface area (TPSA) is 25.6 Å². The molecule has 0 saturated heterocycles.